The molecule has 1 aromatic rings. The summed E-state index contributed by atoms with van der Waals surface area (Å²) in [5.41, 5.74) is -0.108. The summed E-state index contributed by atoms with van der Waals surface area (Å²) in [6.07, 6.45) is 4.13. The van der Waals surface area contributed by atoms with Gasteiger partial charge in [-0.1, -0.05) is 0 Å². The molecule has 1 aliphatic rings. The van der Waals surface area contributed by atoms with E-state index in [1.807, 2.05) is 22.6 Å². The van der Waals surface area contributed by atoms with Crippen LogP contribution in [0.5, 0.6) is 0 Å². The third-order valence-corrected chi connectivity index (χ3v) is 3.78. The number of rotatable bonds is 2. The number of carbonyl (C=O) groups excluding carboxylic acids is 1. The summed E-state index contributed by atoms with van der Waals surface area (Å²) in [6.45, 7) is 1.58. The maximum Gasteiger partial charge on any atom is 0.266 e. The molecule has 2 heterocycles. The first-order valence-electron chi connectivity index (χ1n) is 5.16. The van der Waals surface area contributed by atoms with Gasteiger partial charge < -0.3 is 14.7 Å². The molecule has 86 valence electrons. The second-order valence-corrected chi connectivity index (χ2v) is 4.91. The van der Waals surface area contributed by atoms with Crippen LogP contribution in [0.25, 0.3) is 0 Å². The SMILES string of the molecule is O=CC1CCN(c2nc[nH]c(=O)c2I)CC1. The van der Waals surface area contributed by atoms with Gasteiger partial charge in [-0.25, -0.2) is 4.98 Å². The molecule has 1 aromatic heterocycles. The van der Waals surface area contributed by atoms with Gasteiger partial charge >= 0.3 is 0 Å². The third-order valence-electron chi connectivity index (χ3n) is 2.81. The van der Waals surface area contributed by atoms with Gasteiger partial charge in [-0.2, -0.15) is 0 Å². The number of nitrogens with zero attached hydrogens (tertiary/aromatic N) is 2. The van der Waals surface area contributed by atoms with Crippen molar-refractivity contribution in [2.45, 2.75) is 12.8 Å². The molecule has 0 aromatic carbocycles. The molecule has 5 nitrogen and oxygen atoms in total. The molecule has 0 radical (unpaired) electrons. The Morgan fingerprint density at radius 3 is 2.81 bits per heavy atom. The number of aromatic amines is 1. The molecule has 6 heteroatoms. The van der Waals surface area contributed by atoms with Crippen molar-refractivity contribution in [1.82, 2.24) is 9.97 Å². The summed E-state index contributed by atoms with van der Waals surface area (Å²) in [6, 6.07) is 0. The van der Waals surface area contributed by atoms with Gasteiger partial charge in [-0.05, 0) is 35.4 Å². The Balaban J connectivity index is 2.17. The molecule has 1 N–H and O–H groups in total. The lowest BCUT2D eigenvalue weighted by atomic mass is 9.99. The first kappa shape index (κ1) is 11.6. The summed E-state index contributed by atoms with van der Waals surface area (Å²) in [4.78, 5) is 30.8. The predicted molar refractivity (Wildman–Crippen MR) is 68.6 cm³/mol. The summed E-state index contributed by atoms with van der Waals surface area (Å²) >= 11 is 2.00. The smallest absolute Gasteiger partial charge is 0.266 e. The van der Waals surface area contributed by atoms with Crippen LogP contribution in [0.1, 0.15) is 12.8 Å². The highest BCUT2D eigenvalue weighted by Crippen LogP contribution is 2.22. The average Bonchev–Trinajstić information content (AvgIpc) is 2.33. The average molecular weight is 333 g/mol. The molecule has 1 saturated heterocycles. The van der Waals surface area contributed by atoms with Crippen LogP contribution >= 0.6 is 22.6 Å². The third kappa shape index (κ3) is 2.26. The van der Waals surface area contributed by atoms with E-state index in [4.69, 9.17) is 0 Å². The molecule has 0 bridgehead atoms. The molecule has 16 heavy (non-hydrogen) atoms. The van der Waals surface area contributed by atoms with Gasteiger partial charge in [0.2, 0.25) is 0 Å². The van der Waals surface area contributed by atoms with Crippen molar-refractivity contribution in [3.05, 3.63) is 20.3 Å². The number of aromatic nitrogens is 2. The highest BCUT2D eigenvalue weighted by Gasteiger charge is 2.21. The highest BCUT2D eigenvalue weighted by molar-refractivity contribution is 14.1. The normalized spacial score (nSPS) is 17.4. The van der Waals surface area contributed by atoms with E-state index in [2.05, 4.69) is 14.9 Å². The second kappa shape index (κ2) is 4.94. The highest BCUT2D eigenvalue weighted by atomic mass is 127. The zero-order valence-corrected chi connectivity index (χ0v) is 10.8. The summed E-state index contributed by atoms with van der Waals surface area (Å²) in [5.74, 6) is 0.893. The van der Waals surface area contributed by atoms with Gasteiger partial charge in [0.15, 0.2) is 0 Å². The van der Waals surface area contributed by atoms with Crippen LogP contribution in [-0.4, -0.2) is 29.3 Å². The molecule has 2 rings (SSSR count). The molecule has 0 amide bonds. The Bertz CT molecular complexity index is 438. The Morgan fingerprint density at radius 1 is 1.50 bits per heavy atom. The van der Waals surface area contributed by atoms with Gasteiger partial charge in [0.1, 0.15) is 15.7 Å². The molecular formula is C10H12IN3O2. The minimum Gasteiger partial charge on any atom is -0.355 e. The first-order chi connectivity index (χ1) is 7.72. The zero-order valence-electron chi connectivity index (χ0n) is 8.65. The van der Waals surface area contributed by atoms with E-state index in [0.717, 1.165) is 38.0 Å². The minimum absolute atomic E-state index is 0.108. The van der Waals surface area contributed by atoms with Gasteiger partial charge in [0.25, 0.3) is 5.56 Å². The van der Waals surface area contributed by atoms with Crippen molar-refractivity contribution in [3.8, 4) is 0 Å². The number of anilines is 1. The van der Waals surface area contributed by atoms with Crippen LogP contribution < -0.4 is 10.5 Å². The number of H-pyrrole nitrogens is 1. The fourth-order valence-corrected chi connectivity index (χ4v) is 2.48. The van der Waals surface area contributed by atoms with Crippen molar-refractivity contribution < 1.29 is 4.79 Å². The lowest BCUT2D eigenvalue weighted by Crippen LogP contribution is -2.36. The van der Waals surface area contributed by atoms with Crippen LogP contribution in [0.4, 0.5) is 5.82 Å². The van der Waals surface area contributed by atoms with Crippen molar-refractivity contribution in [2.75, 3.05) is 18.0 Å². The number of halogens is 1. The van der Waals surface area contributed by atoms with Gasteiger partial charge in [-0.3, -0.25) is 4.79 Å². The van der Waals surface area contributed by atoms with Gasteiger partial charge in [-0.15, -0.1) is 0 Å². The maximum atomic E-state index is 11.4. The molecule has 0 atom stereocenters. The lowest BCUT2D eigenvalue weighted by molar-refractivity contribution is -0.111. The van der Waals surface area contributed by atoms with Crippen molar-refractivity contribution in [1.29, 1.82) is 0 Å². The number of hydrogen-bond acceptors (Lipinski definition) is 4. The largest absolute Gasteiger partial charge is 0.355 e. The predicted octanol–water partition coefficient (Wildman–Crippen LogP) is 0.790. The zero-order chi connectivity index (χ0) is 11.5. The Labute approximate surface area is 106 Å². The van der Waals surface area contributed by atoms with E-state index in [0.29, 0.717) is 3.57 Å². The topological polar surface area (TPSA) is 66.1 Å². The van der Waals surface area contributed by atoms with E-state index >= 15 is 0 Å². The molecule has 0 aliphatic carbocycles. The molecular weight excluding hydrogens is 321 g/mol. The van der Waals surface area contributed by atoms with E-state index in [1.165, 1.54) is 6.33 Å². The molecule has 0 unspecified atom stereocenters. The lowest BCUT2D eigenvalue weighted by Gasteiger charge is -2.30. The molecule has 0 spiro atoms. The monoisotopic (exact) mass is 333 g/mol. The van der Waals surface area contributed by atoms with Crippen molar-refractivity contribution in [2.24, 2.45) is 5.92 Å². The number of carbonyl (C=O) groups is 1. The Hall–Kier alpha value is -0.920. The Morgan fingerprint density at radius 2 is 2.19 bits per heavy atom. The molecule has 0 saturated carbocycles. The van der Waals surface area contributed by atoms with E-state index < -0.39 is 0 Å². The van der Waals surface area contributed by atoms with Crippen LogP contribution in [0.15, 0.2) is 11.1 Å². The van der Waals surface area contributed by atoms with Crippen molar-refractivity contribution in [3.63, 3.8) is 0 Å². The fourth-order valence-electron chi connectivity index (χ4n) is 1.84. The Kier molecular flexibility index (Phi) is 3.57. The van der Waals surface area contributed by atoms with Crippen molar-refractivity contribution >= 4 is 34.7 Å². The summed E-state index contributed by atoms with van der Waals surface area (Å²) in [5, 5.41) is 0. The van der Waals surface area contributed by atoms with E-state index in [9.17, 15) is 9.59 Å². The molecule has 1 fully saturated rings. The standard InChI is InChI=1S/C10H12IN3O2/c11-8-9(12-6-13-10(8)16)14-3-1-7(5-15)2-4-14/h5-7H,1-4H2,(H,12,13,16). The fraction of sp³-hybridized carbons (Fsp3) is 0.500. The number of hydrogen-bond donors (Lipinski definition) is 1. The quantitative estimate of drug-likeness (QED) is 0.642. The number of aldehydes is 1. The van der Waals surface area contributed by atoms with Crippen LogP contribution in [-0.2, 0) is 4.79 Å². The van der Waals surface area contributed by atoms with Crippen LogP contribution in [0.2, 0.25) is 0 Å². The van der Waals surface area contributed by atoms with Crippen LogP contribution in [0.3, 0.4) is 0 Å². The maximum absolute atomic E-state index is 11.4. The van der Waals surface area contributed by atoms with Crippen LogP contribution in [0, 0.1) is 9.49 Å². The van der Waals surface area contributed by atoms with E-state index in [-0.39, 0.29) is 11.5 Å². The summed E-state index contributed by atoms with van der Waals surface area (Å²) < 4.78 is 0.615. The molecule has 1 aliphatic heterocycles. The number of nitrogens with one attached hydrogen (secondary N) is 1. The number of piperidine rings is 1. The first-order valence-corrected chi connectivity index (χ1v) is 6.23. The van der Waals surface area contributed by atoms with E-state index in [1.54, 1.807) is 0 Å². The van der Waals surface area contributed by atoms with Gasteiger partial charge in [0.05, 0.1) is 6.33 Å². The minimum atomic E-state index is -0.108. The van der Waals surface area contributed by atoms with Gasteiger partial charge in [0, 0.05) is 19.0 Å². The summed E-state index contributed by atoms with van der Waals surface area (Å²) in [7, 11) is 0. The second-order valence-electron chi connectivity index (χ2n) is 3.83.